The van der Waals surface area contributed by atoms with E-state index in [1.165, 1.54) is 18.2 Å². The van der Waals surface area contributed by atoms with Crippen LogP contribution in [0.5, 0.6) is 0 Å². The third-order valence-electron chi connectivity index (χ3n) is 4.91. The molecule has 0 spiro atoms. The van der Waals surface area contributed by atoms with E-state index in [1.54, 1.807) is 6.08 Å². The Morgan fingerprint density at radius 3 is 2.56 bits per heavy atom. The maximum Gasteiger partial charge on any atom is 0.425 e. The number of rotatable bonds is 3. The Morgan fingerprint density at radius 1 is 1.24 bits per heavy atom. The normalized spacial score (nSPS) is 30.1. The van der Waals surface area contributed by atoms with Crippen LogP contribution in [0, 0.1) is 11.8 Å². The summed E-state index contributed by atoms with van der Waals surface area (Å²) in [5.74, 6) is -0.574. The standard InChI is InChI=1S/C18H17ClF3NO2/c19-12-5-6-14-13(9-12)17(18(20,21)22,8-7-10-1-2-10)25-15(11-3-4-11)16(24)23-14/h5-11,15H,1-4H2,(H,23,24)/b8-7+/t15-,17-/m0/s1. The summed E-state index contributed by atoms with van der Waals surface area (Å²) in [5.41, 5.74) is -2.75. The number of carbonyl (C=O) groups is 1. The lowest BCUT2D eigenvalue weighted by Gasteiger charge is -2.35. The molecule has 3 nitrogen and oxygen atoms in total. The fourth-order valence-electron chi connectivity index (χ4n) is 3.17. The minimum Gasteiger partial charge on any atom is -0.343 e. The van der Waals surface area contributed by atoms with Gasteiger partial charge in [0.2, 0.25) is 5.60 Å². The lowest BCUT2D eigenvalue weighted by molar-refractivity contribution is -0.274. The lowest BCUT2D eigenvalue weighted by Crippen LogP contribution is -2.47. The second-order valence-corrected chi connectivity index (χ2v) is 7.42. The smallest absolute Gasteiger partial charge is 0.343 e. The first kappa shape index (κ1) is 16.9. The molecule has 0 unspecified atom stereocenters. The average molecular weight is 372 g/mol. The van der Waals surface area contributed by atoms with Crippen LogP contribution in [-0.4, -0.2) is 18.2 Å². The van der Waals surface area contributed by atoms with Crippen molar-refractivity contribution in [3.05, 3.63) is 40.9 Å². The first-order valence-electron chi connectivity index (χ1n) is 8.35. The van der Waals surface area contributed by atoms with Crippen LogP contribution in [-0.2, 0) is 15.1 Å². The Bertz CT molecular complexity index is 740. The molecule has 0 aromatic heterocycles. The largest absolute Gasteiger partial charge is 0.425 e. The van der Waals surface area contributed by atoms with E-state index in [-0.39, 0.29) is 28.1 Å². The highest BCUT2D eigenvalue weighted by Gasteiger charge is 2.61. The van der Waals surface area contributed by atoms with Crippen LogP contribution in [0.1, 0.15) is 31.2 Å². The van der Waals surface area contributed by atoms with Gasteiger partial charge in [-0.25, -0.2) is 0 Å². The lowest BCUT2D eigenvalue weighted by atomic mass is 9.90. The highest BCUT2D eigenvalue weighted by Crippen LogP contribution is 2.52. The summed E-state index contributed by atoms with van der Waals surface area (Å²) in [7, 11) is 0. The van der Waals surface area contributed by atoms with Gasteiger partial charge in [0.15, 0.2) is 0 Å². The Hall–Kier alpha value is -1.53. The van der Waals surface area contributed by atoms with E-state index in [2.05, 4.69) is 5.32 Å². The van der Waals surface area contributed by atoms with Crippen LogP contribution >= 0.6 is 11.6 Å². The van der Waals surface area contributed by atoms with E-state index in [1.807, 2.05) is 0 Å². The number of alkyl halides is 3. The first-order valence-corrected chi connectivity index (χ1v) is 8.73. The second kappa shape index (κ2) is 5.74. The van der Waals surface area contributed by atoms with Gasteiger partial charge in [-0.3, -0.25) is 4.79 Å². The third kappa shape index (κ3) is 3.06. The van der Waals surface area contributed by atoms with Gasteiger partial charge in [-0.15, -0.1) is 0 Å². The number of fused-ring (bicyclic) bond motifs is 1. The van der Waals surface area contributed by atoms with Crippen molar-refractivity contribution in [3.63, 3.8) is 0 Å². The van der Waals surface area contributed by atoms with E-state index >= 15 is 0 Å². The first-order chi connectivity index (χ1) is 11.8. The van der Waals surface area contributed by atoms with Gasteiger partial charge in [-0.05, 0) is 61.8 Å². The summed E-state index contributed by atoms with van der Waals surface area (Å²) in [6.45, 7) is 0. The molecule has 1 amide bonds. The number of ether oxygens (including phenoxy) is 1. The van der Waals surface area contributed by atoms with Crippen LogP contribution < -0.4 is 5.32 Å². The highest BCUT2D eigenvalue weighted by molar-refractivity contribution is 6.30. The molecule has 1 heterocycles. The molecule has 3 aliphatic rings. The van der Waals surface area contributed by atoms with Gasteiger partial charge in [0, 0.05) is 16.3 Å². The fraction of sp³-hybridized carbons (Fsp3) is 0.500. The fourth-order valence-corrected chi connectivity index (χ4v) is 3.34. The molecule has 4 rings (SSSR count). The monoisotopic (exact) mass is 371 g/mol. The van der Waals surface area contributed by atoms with Crippen molar-refractivity contribution in [2.24, 2.45) is 11.8 Å². The molecule has 134 valence electrons. The molecule has 1 aromatic carbocycles. The average Bonchev–Trinajstić information content (AvgIpc) is 3.40. The quantitative estimate of drug-likeness (QED) is 0.774. The molecule has 7 heteroatoms. The number of anilines is 1. The minimum absolute atomic E-state index is 0.0929. The molecule has 2 atom stereocenters. The van der Waals surface area contributed by atoms with Crippen molar-refractivity contribution in [2.75, 3.05) is 5.32 Å². The molecule has 1 N–H and O–H groups in total. The molecule has 1 aromatic rings. The number of amides is 1. The molecule has 2 saturated carbocycles. The zero-order valence-electron chi connectivity index (χ0n) is 13.3. The predicted octanol–water partition coefficient (Wildman–Crippen LogP) is 4.81. The van der Waals surface area contributed by atoms with E-state index in [4.69, 9.17) is 16.3 Å². The molecule has 25 heavy (non-hydrogen) atoms. The van der Waals surface area contributed by atoms with Crippen molar-refractivity contribution < 1.29 is 22.7 Å². The molecule has 0 bridgehead atoms. The molecule has 0 radical (unpaired) electrons. The van der Waals surface area contributed by atoms with Gasteiger partial charge in [0.25, 0.3) is 5.91 Å². The highest BCUT2D eigenvalue weighted by atomic mass is 35.5. The van der Waals surface area contributed by atoms with E-state index in [0.717, 1.165) is 18.9 Å². The Kier molecular flexibility index (Phi) is 3.88. The molecule has 0 saturated heterocycles. The zero-order valence-corrected chi connectivity index (χ0v) is 14.0. The van der Waals surface area contributed by atoms with Crippen LogP contribution in [0.25, 0.3) is 0 Å². The molecule has 1 aliphatic heterocycles. The van der Waals surface area contributed by atoms with Gasteiger partial charge in [0.05, 0.1) is 0 Å². The Labute approximate surface area is 148 Å². The van der Waals surface area contributed by atoms with E-state index in [9.17, 15) is 18.0 Å². The number of hydrogen-bond acceptors (Lipinski definition) is 2. The van der Waals surface area contributed by atoms with Crippen molar-refractivity contribution in [1.29, 1.82) is 0 Å². The van der Waals surface area contributed by atoms with Gasteiger partial charge < -0.3 is 10.1 Å². The van der Waals surface area contributed by atoms with Crippen molar-refractivity contribution in [1.82, 2.24) is 0 Å². The predicted molar refractivity (Wildman–Crippen MR) is 87.3 cm³/mol. The van der Waals surface area contributed by atoms with Crippen LogP contribution in [0.4, 0.5) is 18.9 Å². The number of carbonyl (C=O) groups excluding carboxylic acids is 1. The summed E-state index contributed by atoms with van der Waals surface area (Å²) < 4.78 is 48.4. The number of allylic oxidation sites excluding steroid dienone is 1. The van der Waals surface area contributed by atoms with Gasteiger partial charge >= 0.3 is 6.18 Å². The van der Waals surface area contributed by atoms with Gasteiger partial charge in [0.1, 0.15) is 6.10 Å². The van der Waals surface area contributed by atoms with Crippen molar-refractivity contribution in [2.45, 2.75) is 43.6 Å². The molecular weight excluding hydrogens is 355 g/mol. The van der Waals surface area contributed by atoms with Crippen LogP contribution in [0.3, 0.4) is 0 Å². The van der Waals surface area contributed by atoms with Gasteiger partial charge in [-0.2, -0.15) is 13.2 Å². The number of halogens is 4. The molecule has 2 aliphatic carbocycles. The van der Waals surface area contributed by atoms with E-state index in [0.29, 0.717) is 12.8 Å². The summed E-state index contributed by atoms with van der Waals surface area (Å²) in [5, 5.41) is 2.76. The maximum atomic E-state index is 14.3. The molecular formula is C18H17ClF3NO2. The summed E-state index contributed by atoms with van der Waals surface area (Å²) in [4.78, 5) is 12.4. The SMILES string of the molecule is O=C1Nc2ccc(Cl)cc2[C@@](/C=C/C2CC2)(C(F)(F)F)O[C@H]1C1CC1. The van der Waals surface area contributed by atoms with Crippen LogP contribution in [0.15, 0.2) is 30.4 Å². The van der Waals surface area contributed by atoms with Crippen molar-refractivity contribution in [3.8, 4) is 0 Å². The number of hydrogen-bond donors (Lipinski definition) is 1. The van der Waals surface area contributed by atoms with Gasteiger partial charge in [-0.1, -0.05) is 17.7 Å². The topological polar surface area (TPSA) is 38.3 Å². The maximum absolute atomic E-state index is 14.3. The number of nitrogens with one attached hydrogen (secondary N) is 1. The zero-order chi connectivity index (χ0) is 17.8. The summed E-state index contributed by atoms with van der Waals surface area (Å²) in [6, 6.07) is 4.10. The second-order valence-electron chi connectivity index (χ2n) is 6.98. The minimum atomic E-state index is -4.72. The van der Waals surface area contributed by atoms with Crippen molar-refractivity contribution >= 4 is 23.2 Å². The summed E-state index contributed by atoms with van der Waals surface area (Å²) >= 11 is 5.97. The van der Waals surface area contributed by atoms with E-state index < -0.39 is 23.8 Å². The molecule has 2 fully saturated rings. The third-order valence-corrected chi connectivity index (χ3v) is 5.14. The Morgan fingerprint density at radius 2 is 1.96 bits per heavy atom. The van der Waals surface area contributed by atoms with Crippen LogP contribution in [0.2, 0.25) is 5.02 Å². The number of benzene rings is 1. The summed E-state index contributed by atoms with van der Waals surface area (Å²) in [6.07, 6.45) is -0.0986. The Balaban J connectivity index is 1.90.